The number of hydrogen-bond donors (Lipinski definition) is 2. The van der Waals surface area contributed by atoms with Crippen LogP contribution in [0.4, 0.5) is 5.13 Å². The molecule has 1 saturated carbocycles. The van der Waals surface area contributed by atoms with E-state index in [2.05, 4.69) is 15.6 Å². The van der Waals surface area contributed by atoms with Crippen LogP contribution >= 0.6 is 22.9 Å². The molecule has 2 N–H and O–H groups in total. The fourth-order valence-corrected chi connectivity index (χ4v) is 4.46. The van der Waals surface area contributed by atoms with Gasteiger partial charge in [0.15, 0.2) is 5.13 Å². The van der Waals surface area contributed by atoms with E-state index in [0.29, 0.717) is 10.2 Å². The minimum absolute atomic E-state index is 0.118. The minimum atomic E-state index is 0.118. The molecule has 4 nitrogen and oxygen atoms in total. The lowest BCUT2D eigenvalue weighted by molar-refractivity contribution is -0.118. The number of rotatable bonds is 3. The fraction of sp³-hybridized carbons (Fsp3) is 0.412. The molecule has 1 amide bonds. The van der Waals surface area contributed by atoms with Crippen LogP contribution in [-0.2, 0) is 4.79 Å². The van der Waals surface area contributed by atoms with Crippen molar-refractivity contribution in [3.63, 3.8) is 0 Å². The summed E-state index contributed by atoms with van der Waals surface area (Å²) in [6, 6.07) is 7.61. The standard InChI is InChI=1S/C17H18ClN3OS/c18-13-4-2-1-3-11(13)14-10-23-16(20-14)21-15(22)12-9-17(12)5-7-19-8-6-17/h1-4,10,12,19H,5-9H2,(H,20,21,22). The molecule has 2 aliphatic rings. The molecule has 1 spiro atoms. The van der Waals surface area contributed by atoms with Gasteiger partial charge in [-0.2, -0.15) is 0 Å². The number of amides is 1. The molecule has 1 aromatic heterocycles. The van der Waals surface area contributed by atoms with E-state index >= 15 is 0 Å². The zero-order valence-electron chi connectivity index (χ0n) is 12.6. The third-order valence-electron chi connectivity index (χ3n) is 4.99. The van der Waals surface area contributed by atoms with E-state index in [1.165, 1.54) is 11.3 Å². The van der Waals surface area contributed by atoms with Gasteiger partial charge in [-0.1, -0.05) is 29.8 Å². The maximum Gasteiger partial charge on any atom is 0.229 e. The Labute approximate surface area is 144 Å². The third-order valence-corrected chi connectivity index (χ3v) is 6.08. The van der Waals surface area contributed by atoms with Crippen LogP contribution in [0.15, 0.2) is 29.6 Å². The highest BCUT2D eigenvalue weighted by Gasteiger charge is 2.57. The normalized spacial score (nSPS) is 22.0. The van der Waals surface area contributed by atoms with Crippen molar-refractivity contribution in [3.8, 4) is 11.3 Å². The van der Waals surface area contributed by atoms with Crippen molar-refractivity contribution in [1.29, 1.82) is 0 Å². The molecule has 1 aromatic carbocycles. The van der Waals surface area contributed by atoms with E-state index in [1.807, 2.05) is 29.6 Å². The van der Waals surface area contributed by atoms with E-state index in [9.17, 15) is 4.79 Å². The van der Waals surface area contributed by atoms with Gasteiger partial charge in [0.05, 0.1) is 5.69 Å². The molecule has 1 saturated heterocycles. The van der Waals surface area contributed by atoms with Crippen LogP contribution in [-0.4, -0.2) is 24.0 Å². The number of carbonyl (C=O) groups excluding carboxylic acids is 1. The van der Waals surface area contributed by atoms with Crippen LogP contribution in [0.5, 0.6) is 0 Å². The Morgan fingerprint density at radius 1 is 1.35 bits per heavy atom. The summed E-state index contributed by atoms with van der Waals surface area (Å²) in [6.07, 6.45) is 3.23. The van der Waals surface area contributed by atoms with Crippen LogP contribution in [0, 0.1) is 11.3 Å². The average molecular weight is 348 g/mol. The molecular weight excluding hydrogens is 330 g/mol. The maximum absolute atomic E-state index is 12.5. The summed E-state index contributed by atoms with van der Waals surface area (Å²) in [5.74, 6) is 0.268. The number of piperidine rings is 1. The number of aromatic nitrogens is 1. The summed E-state index contributed by atoms with van der Waals surface area (Å²) in [5.41, 5.74) is 1.95. The monoisotopic (exact) mass is 347 g/mol. The smallest absolute Gasteiger partial charge is 0.229 e. The van der Waals surface area contributed by atoms with Crippen molar-refractivity contribution in [1.82, 2.24) is 10.3 Å². The second kappa shape index (κ2) is 5.89. The van der Waals surface area contributed by atoms with Crippen LogP contribution in [0.25, 0.3) is 11.3 Å². The van der Waals surface area contributed by atoms with Gasteiger partial charge >= 0.3 is 0 Å². The van der Waals surface area contributed by atoms with Crippen LogP contribution < -0.4 is 10.6 Å². The summed E-state index contributed by atoms with van der Waals surface area (Å²) < 4.78 is 0. The van der Waals surface area contributed by atoms with Crippen molar-refractivity contribution in [2.45, 2.75) is 19.3 Å². The molecule has 120 valence electrons. The molecule has 0 bridgehead atoms. The first-order valence-corrected chi connectivity index (χ1v) is 9.16. The molecule has 6 heteroatoms. The zero-order valence-corrected chi connectivity index (χ0v) is 14.2. The molecule has 2 fully saturated rings. The molecule has 1 aliphatic heterocycles. The topological polar surface area (TPSA) is 54.0 Å². The van der Waals surface area contributed by atoms with Crippen molar-refractivity contribution in [2.75, 3.05) is 18.4 Å². The van der Waals surface area contributed by atoms with Gasteiger partial charge in [0.2, 0.25) is 5.91 Å². The lowest BCUT2D eigenvalue weighted by Gasteiger charge is -2.22. The van der Waals surface area contributed by atoms with Gasteiger partial charge in [-0.15, -0.1) is 11.3 Å². The Kier molecular flexibility index (Phi) is 3.87. The van der Waals surface area contributed by atoms with Crippen molar-refractivity contribution in [3.05, 3.63) is 34.7 Å². The Balaban J connectivity index is 1.44. The second-order valence-corrected chi connectivity index (χ2v) is 7.64. The highest BCUT2D eigenvalue weighted by Crippen LogP contribution is 2.58. The molecule has 1 unspecified atom stereocenters. The van der Waals surface area contributed by atoms with Crippen LogP contribution in [0.1, 0.15) is 19.3 Å². The van der Waals surface area contributed by atoms with Gasteiger partial charge in [0.25, 0.3) is 0 Å². The van der Waals surface area contributed by atoms with Gasteiger partial charge in [0, 0.05) is 21.9 Å². The first-order chi connectivity index (χ1) is 11.2. The Morgan fingerprint density at radius 3 is 2.91 bits per heavy atom. The quantitative estimate of drug-likeness (QED) is 0.888. The first-order valence-electron chi connectivity index (χ1n) is 7.90. The SMILES string of the molecule is O=C(Nc1nc(-c2ccccc2Cl)cs1)C1CC12CCNCC2. The number of benzene rings is 1. The van der Waals surface area contributed by atoms with Crippen molar-refractivity contribution in [2.24, 2.45) is 11.3 Å². The predicted molar refractivity (Wildman–Crippen MR) is 93.8 cm³/mol. The number of halogens is 1. The third kappa shape index (κ3) is 2.89. The number of anilines is 1. The summed E-state index contributed by atoms with van der Waals surface area (Å²) in [5, 5.41) is 9.61. The summed E-state index contributed by atoms with van der Waals surface area (Å²) in [4.78, 5) is 17.0. The molecule has 2 aromatic rings. The summed E-state index contributed by atoms with van der Waals surface area (Å²) in [6.45, 7) is 2.05. The largest absolute Gasteiger partial charge is 0.317 e. The van der Waals surface area contributed by atoms with Crippen LogP contribution in [0.3, 0.4) is 0 Å². The molecule has 1 aliphatic carbocycles. The molecule has 23 heavy (non-hydrogen) atoms. The van der Waals surface area contributed by atoms with E-state index < -0.39 is 0 Å². The number of nitrogens with zero attached hydrogens (tertiary/aromatic N) is 1. The Hall–Kier alpha value is -1.43. The molecule has 4 rings (SSSR count). The lowest BCUT2D eigenvalue weighted by atomic mass is 9.92. The molecule has 1 atom stereocenters. The predicted octanol–water partition coefficient (Wildman–Crippen LogP) is 3.79. The number of nitrogens with one attached hydrogen (secondary N) is 2. The van der Waals surface area contributed by atoms with Gasteiger partial charge in [-0.3, -0.25) is 4.79 Å². The Bertz CT molecular complexity index is 739. The average Bonchev–Trinajstić information content (AvgIpc) is 3.04. The van der Waals surface area contributed by atoms with E-state index in [1.54, 1.807) is 0 Å². The molecule has 2 heterocycles. The van der Waals surface area contributed by atoms with Gasteiger partial charge in [-0.05, 0) is 43.8 Å². The van der Waals surface area contributed by atoms with E-state index in [4.69, 9.17) is 11.6 Å². The van der Waals surface area contributed by atoms with Crippen molar-refractivity contribution < 1.29 is 4.79 Å². The fourth-order valence-electron chi connectivity index (χ4n) is 3.51. The lowest BCUT2D eigenvalue weighted by Crippen LogP contribution is -2.31. The number of carbonyl (C=O) groups is 1. The first kappa shape index (κ1) is 15.1. The van der Waals surface area contributed by atoms with Gasteiger partial charge in [0.1, 0.15) is 0 Å². The van der Waals surface area contributed by atoms with E-state index in [0.717, 1.165) is 43.6 Å². The molecule has 0 radical (unpaired) electrons. The number of thiazole rings is 1. The Morgan fingerprint density at radius 2 is 2.13 bits per heavy atom. The number of hydrogen-bond acceptors (Lipinski definition) is 4. The highest BCUT2D eigenvalue weighted by atomic mass is 35.5. The van der Waals surface area contributed by atoms with E-state index in [-0.39, 0.29) is 17.2 Å². The van der Waals surface area contributed by atoms with Gasteiger partial charge < -0.3 is 10.6 Å². The highest BCUT2D eigenvalue weighted by molar-refractivity contribution is 7.14. The van der Waals surface area contributed by atoms with Crippen molar-refractivity contribution >= 4 is 34.0 Å². The maximum atomic E-state index is 12.5. The summed E-state index contributed by atoms with van der Waals surface area (Å²) >= 11 is 7.65. The zero-order chi connectivity index (χ0) is 15.9. The summed E-state index contributed by atoms with van der Waals surface area (Å²) in [7, 11) is 0. The van der Waals surface area contributed by atoms with Gasteiger partial charge in [-0.25, -0.2) is 4.98 Å². The van der Waals surface area contributed by atoms with Crippen LogP contribution in [0.2, 0.25) is 5.02 Å². The second-order valence-electron chi connectivity index (χ2n) is 6.38. The molecular formula is C17H18ClN3OS. The minimum Gasteiger partial charge on any atom is -0.317 e.